The third kappa shape index (κ3) is 6.06. The van der Waals surface area contributed by atoms with Crippen LogP contribution in [0.5, 0.6) is 0 Å². The minimum Gasteiger partial charge on any atom is -0.340 e. The van der Waals surface area contributed by atoms with Gasteiger partial charge in [-0.3, -0.25) is 14.5 Å². The van der Waals surface area contributed by atoms with Crippen molar-refractivity contribution in [3.63, 3.8) is 0 Å². The van der Waals surface area contributed by atoms with Gasteiger partial charge in [-0.1, -0.05) is 30.3 Å². The number of hydrogen-bond acceptors (Lipinski definition) is 3. The first-order chi connectivity index (χ1) is 14.2. The number of amides is 2. The zero-order valence-corrected chi connectivity index (χ0v) is 16.7. The average Bonchev–Trinajstić information content (AvgIpc) is 2.69. The number of hydrogen-bond donors (Lipinski definition) is 1. The van der Waals surface area contributed by atoms with E-state index in [1.807, 2.05) is 12.1 Å². The highest BCUT2D eigenvalue weighted by Crippen LogP contribution is 2.29. The topological polar surface area (TPSA) is 52.7 Å². The van der Waals surface area contributed by atoms with E-state index in [2.05, 4.69) is 10.2 Å². The second-order valence-corrected chi connectivity index (χ2v) is 7.41. The molecule has 0 unspecified atom stereocenters. The van der Waals surface area contributed by atoms with E-state index in [4.69, 9.17) is 0 Å². The number of nitrogens with zero attached hydrogens (tertiary/aromatic N) is 2. The minimum atomic E-state index is -4.35. The predicted octanol–water partition coefficient (Wildman–Crippen LogP) is 3.55. The number of alkyl halides is 3. The van der Waals surface area contributed by atoms with Gasteiger partial charge in [-0.05, 0) is 29.3 Å². The van der Waals surface area contributed by atoms with Gasteiger partial charge in [0.25, 0.3) is 0 Å². The van der Waals surface area contributed by atoms with Crippen molar-refractivity contribution in [2.75, 3.05) is 31.5 Å². The molecule has 0 saturated carbocycles. The monoisotopic (exact) mass is 419 g/mol. The average molecular weight is 419 g/mol. The number of benzene rings is 2. The number of carbonyl (C=O) groups excluding carboxylic acids is 2. The van der Waals surface area contributed by atoms with Crippen LogP contribution in [-0.2, 0) is 28.7 Å². The Balaban J connectivity index is 1.49. The molecule has 1 N–H and O–H groups in total. The molecule has 1 fully saturated rings. The molecule has 8 heteroatoms. The van der Waals surface area contributed by atoms with Crippen LogP contribution in [0.25, 0.3) is 0 Å². The van der Waals surface area contributed by atoms with Crippen LogP contribution >= 0.6 is 0 Å². The maximum absolute atomic E-state index is 12.9. The summed E-state index contributed by atoms with van der Waals surface area (Å²) >= 11 is 0. The van der Waals surface area contributed by atoms with E-state index >= 15 is 0 Å². The lowest BCUT2D eigenvalue weighted by Gasteiger charge is -2.35. The molecule has 160 valence electrons. The summed E-state index contributed by atoms with van der Waals surface area (Å²) in [7, 11) is 0. The number of nitrogens with one attached hydrogen (secondary N) is 1. The number of piperazine rings is 1. The van der Waals surface area contributed by atoms with E-state index in [1.54, 1.807) is 23.1 Å². The number of anilines is 1. The molecule has 3 rings (SSSR count). The lowest BCUT2D eigenvalue weighted by Crippen LogP contribution is -2.48. The molecule has 0 radical (unpaired) electrons. The Labute approximate surface area is 173 Å². The van der Waals surface area contributed by atoms with E-state index < -0.39 is 11.7 Å². The lowest BCUT2D eigenvalue weighted by atomic mass is 10.1. The molecule has 30 heavy (non-hydrogen) atoms. The normalized spacial score (nSPS) is 15.1. The van der Waals surface area contributed by atoms with Crippen molar-refractivity contribution in [3.05, 3.63) is 65.2 Å². The first kappa shape index (κ1) is 21.8. The minimum absolute atomic E-state index is 0.0148. The van der Waals surface area contributed by atoms with Crippen LogP contribution < -0.4 is 5.32 Å². The lowest BCUT2D eigenvalue weighted by molar-refractivity contribution is -0.137. The van der Waals surface area contributed by atoms with Crippen LogP contribution in [0.3, 0.4) is 0 Å². The van der Waals surface area contributed by atoms with E-state index in [9.17, 15) is 22.8 Å². The molecule has 2 amide bonds. The summed E-state index contributed by atoms with van der Waals surface area (Å²) in [6, 6.07) is 12.5. The molecule has 2 aromatic carbocycles. The van der Waals surface area contributed by atoms with Gasteiger partial charge >= 0.3 is 6.18 Å². The Bertz CT molecular complexity index is 889. The molecular weight excluding hydrogens is 395 g/mol. The zero-order valence-electron chi connectivity index (χ0n) is 16.7. The molecule has 1 heterocycles. The summed E-state index contributed by atoms with van der Waals surface area (Å²) in [5.74, 6) is -0.136. The smallest absolute Gasteiger partial charge is 0.340 e. The Kier molecular flexibility index (Phi) is 6.77. The quantitative estimate of drug-likeness (QED) is 0.807. The van der Waals surface area contributed by atoms with Gasteiger partial charge in [0.15, 0.2) is 0 Å². The highest BCUT2D eigenvalue weighted by Gasteiger charge is 2.30. The van der Waals surface area contributed by atoms with Crippen molar-refractivity contribution in [1.29, 1.82) is 0 Å². The van der Waals surface area contributed by atoms with Crippen molar-refractivity contribution in [3.8, 4) is 0 Å². The zero-order chi connectivity index (χ0) is 21.7. The summed E-state index contributed by atoms with van der Waals surface area (Å²) < 4.78 is 38.6. The van der Waals surface area contributed by atoms with Gasteiger partial charge in [0, 0.05) is 45.3 Å². The third-order valence-corrected chi connectivity index (χ3v) is 5.02. The third-order valence-electron chi connectivity index (χ3n) is 5.02. The molecule has 0 spiro atoms. The SMILES string of the molecule is CC(=O)Nc1ccc(CC(=O)N2CCN(Cc3cccc(C(F)(F)F)c3)CC2)cc1. The van der Waals surface area contributed by atoms with Crippen LogP contribution in [-0.4, -0.2) is 47.8 Å². The Hall–Kier alpha value is -2.87. The second-order valence-electron chi connectivity index (χ2n) is 7.41. The van der Waals surface area contributed by atoms with Crippen molar-refractivity contribution in [2.45, 2.75) is 26.1 Å². The fourth-order valence-electron chi connectivity index (χ4n) is 3.46. The van der Waals surface area contributed by atoms with E-state index in [-0.39, 0.29) is 18.2 Å². The van der Waals surface area contributed by atoms with Crippen LogP contribution in [0.4, 0.5) is 18.9 Å². The molecule has 0 bridgehead atoms. The summed E-state index contributed by atoms with van der Waals surface area (Å²) in [6.07, 6.45) is -4.07. The van der Waals surface area contributed by atoms with Gasteiger partial charge in [0.05, 0.1) is 12.0 Å². The highest BCUT2D eigenvalue weighted by molar-refractivity contribution is 5.88. The van der Waals surface area contributed by atoms with Gasteiger partial charge in [0.2, 0.25) is 11.8 Å². The Morgan fingerprint density at radius 1 is 0.967 bits per heavy atom. The standard InChI is InChI=1S/C22H24F3N3O2/c1-16(29)26-20-7-5-17(6-8-20)14-21(30)28-11-9-27(10-12-28)15-18-3-2-4-19(13-18)22(23,24)25/h2-8,13H,9-12,14-15H2,1H3,(H,26,29). The molecule has 1 saturated heterocycles. The predicted molar refractivity (Wildman–Crippen MR) is 108 cm³/mol. The summed E-state index contributed by atoms with van der Waals surface area (Å²) in [4.78, 5) is 27.5. The Morgan fingerprint density at radius 3 is 2.23 bits per heavy atom. The van der Waals surface area contributed by atoms with Gasteiger partial charge in [0.1, 0.15) is 0 Å². The largest absolute Gasteiger partial charge is 0.416 e. The van der Waals surface area contributed by atoms with Crippen molar-refractivity contribution < 1.29 is 22.8 Å². The maximum Gasteiger partial charge on any atom is 0.416 e. The molecule has 0 aliphatic carbocycles. The van der Waals surface area contributed by atoms with Crippen LogP contribution in [0, 0.1) is 0 Å². The van der Waals surface area contributed by atoms with Gasteiger partial charge in [-0.25, -0.2) is 0 Å². The summed E-state index contributed by atoms with van der Waals surface area (Å²) in [5, 5.41) is 2.68. The number of carbonyl (C=O) groups is 2. The van der Waals surface area contributed by atoms with E-state index in [0.29, 0.717) is 44.0 Å². The molecule has 1 aliphatic rings. The molecule has 0 atom stereocenters. The molecule has 1 aliphatic heterocycles. The summed E-state index contributed by atoms with van der Waals surface area (Å²) in [6.45, 7) is 4.18. The summed E-state index contributed by atoms with van der Waals surface area (Å²) in [5.41, 5.74) is 1.52. The fourth-order valence-corrected chi connectivity index (χ4v) is 3.46. The highest BCUT2D eigenvalue weighted by atomic mass is 19.4. The maximum atomic E-state index is 12.9. The number of rotatable bonds is 5. The van der Waals surface area contributed by atoms with Gasteiger partial charge < -0.3 is 10.2 Å². The van der Waals surface area contributed by atoms with Crippen molar-refractivity contribution in [1.82, 2.24) is 9.80 Å². The first-order valence-corrected chi connectivity index (χ1v) is 9.73. The molecule has 0 aromatic heterocycles. The molecular formula is C22H24F3N3O2. The van der Waals surface area contributed by atoms with Crippen LogP contribution in [0.15, 0.2) is 48.5 Å². The number of halogens is 3. The van der Waals surface area contributed by atoms with Crippen molar-refractivity contribution in [2.24, 2.45) is 0 Å². The van der Waals surface area contributed by atoms with Crippen molar-refractivity contribution >= 4 is 17.5 Å². The van der Waals surface area contributed by atoms with E-state index in [1.165, 1.54) is 19.1 Å². The van der Waals surface area contributed by atoms with Gasteiger partial charge in [-0.2, -0.15) is 13.2 Å². The van der Waals surface area contributed by atoms with Crippen LogP contribution in [0.2, 0.25) is 0 Å². The van der Waals surface area contributed by atoms with Gasteiger partial charge in [-0.15, -0.1) is 0 Å². The first-order valence-electron chi connectivity index (χ1n) is 9.73. The Morgan fingerprint density at radius 2 is 1.63 bits per heavy atom. The fraction of sp³-hybridized carbons (Fsp3) is 0.364. The molecule has 2 aromatic rings. The second kappa shape index (κ2) is 9.30. The van der Waals surface area contributed by atoms with E-state index in [0.717, 1.165) is 11.6 Å². The van der Waals surface area contributed by atoms with Crippen LogP contribution in [0.1, 0.15) is 23.6 Å². The molecule has 5 nitrogen and oxygen atoms in total.